The van der Waals surface area contributed by atoms with Crippen molar-refractivity contribution in [2.24, 2.45) is 5.73 Å². The molecule has 1 saturated carbocycles. The topological polar surface area (TPSA) is 29.3 Å². The van der Waals surface area contributed by atoms with Gasteiger partial charge in [0.1, 0.15) is 0 Å². The Kier molecular flexibility index (Phi) is 4.04. The number of alkyl halides is 3. The molecule has 2 N–H and O–H groups in total. The molecule has 0 spiro atoms. The van der Waals surface area contributed by atoms with Gasteiger partial charge in [-0.25, -0.2) is 0 Å². The van der Waals surface area contributed by atoms with Gasteiger partial charge in [0.15, 0.2) is 0 Å². The Morgan fingerprint density at radius 1 is 1.32 bits per heavy atom. The predicted octanol–water partition coefficient (Wildman–Crippen LogP) is 3.20. The van der Waals surface area contributed by atoms with Gasteiger partial charge in [0.25, 0.3) is 0 Å². The Labute approximate surface area is 111 Å². The molecule has 0 atom stereocenters. The van der Waals surface area contributed by atoms with Crippen LogP contribution in [0.1, 0.15) is 30.9 Å². The number of nitrogens with two attached hydrogens (primary N) is 1. The van der Waals surface area contributed by atoms with Crippen LogP contribution < -0.4 is 10.6 Å². The van der Waals surface area contributed by atoms with E-state index in [1.165, 1.54) is 6.07 Å². The summed E-state index contributed by atoms with van der Waals surface area (Å²) in [6.45, 7) is 2.93. The van der Waals surface area contributed by atoms with Gasteiger partial charge >= 0.3 is 6.18 Å². The zero-order valence-electron chi connectivity index (χ0n) is 11.0. The Morgan fingerprint density at radius 2 is 2.00 bits per heavy atom. The van der Waals surface area contributed by atoms with Crippen LogP contribution in [0.15, 0.2) is 18.2 Å². The molecule has 106 valence electrons. The van der Waals surface area contributed by atoms with E-state index in [1.807, 2.05) is 11.8 Å². The molecule has 2 rings (SSSR count). The number of hydrogen-bond donors (Lipinski definition) is 1. The zero-order valence-corrected chi connectivity index (χ0v) is 11.0. The molecule has 0 aliphatic heterocycles. The van der Waals surface area contributed by atoms with Gasteiger partial charge in [-0.05, 0) is 50.4 Å². The highest BCUT2D eigenvalue weighted by Gasteiger charge is 2.35. The molecular weight excluding hydrogens is 253 g/mol. The summed E-state index contributed by atoms with van der Waals surface area (Å²) in [7, 11) is 0. The van der Waals surface area contributed by atoms with Crippen molar-refractivity contribution in [3.63, 3.8) is 0 Å². The molecule has 0 radical (unpaired) electrons. The zero-order chi connectivity index (χ0) is 14.0. The molecule has 0 bridgehead atoms. The minimum atomic E-state index is -4.32. The molecule has 0 aromatic heterocycles. The second kappa shape index (κ2) is 5.41. The van der Waals surface area contributed by atoms with Gasteiger partial charge in [0, 0.05) is 18.3 Å². The van der Waals surface area contributed by atoms with Crippen molar-refractivity contribution in [1.29, 1.82) is 0 Å². The maximum Gasteiger partial charge on any atom is 0.416 e. The average Bonchev–Trinajstić information content (AvgIpc) is 3.15. The first-order valence-electron chi connectivity index (χ1n) is 6.64. The third-order valence-corrected chi connectivity index (χ3v) is 3.47. The normalized spacial score (nSPS) is 15.6. The monoisotopic (exact) mass is 272 g/mol. The highest BCUT2D eigenvalue weighted by molar-refractivity contribution is 5.53. The molecule has 1 aromatic carbocycles. The number of halogens is 3. The molecular formula is C14H19F3N2. The van der Waals surface area contributed by atoms with Crippen LogP contribution >= 0.6 is 0 Å². The van der Waals surface area contributed by atoms with Crippen LogP contribution in [-0.4, -0.2) is 19.1 Å². The van der Waals surface area contributed by atoms with Crippen LogP contribution in [0.5, 0.6) is 0 Å². The third-order valence-electron chi connectivity index (χ3n) is 3.47. The molecule has 1 fully saturated rings. The molecule has 0 unspecified atom stereocenters. The summed E-state index contributed by atoms with van der Waals surface area (Å²) in [5.41, 5.74) is 5.78. The molecule has 19 heavy (non-hydrogen) atoms. The first-order valence-corrected chi connectivity index (χ1v) is 6.64. The van der Waals surface area contributed by atoms with E-state index in [2.05, 4.69) is 0 Å². The second-order valence-corrected chi connectivity index (χ2v) is 4.90. The summed E-state index contributed by atoms with van der Waals surface area (Å²) in [5.74, 6) is 0. The average molecular weight is 272 g/mol. The smallest absolute Gasteiger partial charge is 0.369 e. The molecule has 1 aromatic rings. The lowest BCUT2D eigenvalue weighted by molar-refractivity contribution is -0.138. The van der Waals surface area contributed by atoms with Crippen LogP contribution in [0, 0.1) is 0 Å². The van der Waals surface area contributed by atoms with Gasteiger partial charge in [0.2, 0.25) is 0 Å². The fourth-order valence-corrected chi connectivity index (χ4v) is 2.42. The van der Waals surface area contributed by atoms with Crippen molar-refractivity contribution in [2.75, 3.05) is 18.0 Å². The van der Waals surface area contributed by atoms with Gasteiger partial charge < -0.3 is 10.6 Å². The van der Waals surface area contributed by atoms with Crippen LogP contribution in [0.25, 0.3) is 0 Å². The third kappa shape index (κ3) is 3.21. The standard InChI is InChI=1S/C14H19F3N2/c1-2-19(11-5-6-11)12-4-3-10(7-8-18)13(9-12)14(15,16)17/h3-4,9,11H,2,5-8,18H2,1H3. The lowest BCUT2D eigenvalue weighted by Gasteiger charge is -2.24. The number of nitrogens with zero attached hydrogens (tertiary/aromatic N) is 1. The Hall–Kier alpha value is -1.23. The summed E-state index contributed by atoms with van der Waals surface area (Å²) >= 11 is 0. The maximum absolute atomic E-state index is 13.1. The van der Waals surface area contributed by atoms with E-state index >= 15 is 0 Å². The highest BCUT2D eigenvalue weighted by atomic mass is 19.4. The van der Waals surface area contributed by atoms with Crippen molar-refractivity contribution in [1.82, 2.24) is 0 Å². The Morgan fingerprint density at radius 3 is 2.47 bits per heavy atom. The number of hydrogen-bond acceptors (Lipinski definition) is 2. The lowest BCUT2D eigenvalue weighted by Crippen LogP contribution is -2.25. The van der Waals surface area contributed by atoms with E-state index in [0.29, 0.717) is 11.7 Å². The molecule has 0 heterocycles. The summed E-state index contributed by atoms with van der Waals surface area (Å²) in [5, 5.41) is 0. The Balaban J connectivity index is 2.36. The van der Waals surface area contributed by atoms with Gasteiger partial charge in [0.05, 0.1) is 5.56 Å². The molecule has 0 amide bonds. The minimum Gasteiger partial charge on any atom is -0.369 e. The fraction of sp³-hybridized carbons (Fsp3) is 0.571. The first-order chi connectivity index (χ1) is 8.97. The van der Waals surface area contributed by atoms with E-state index in [-0.39, 0.29) is 18.5 Å². The minimum absolute atomic E-state index is 0.225. The maximum atomic E-state index is 13.1. The molecule has 1 aliphatic rings. The lowest BCUT2D eigenvalue weighted by atomic mass is 10.0. The van der Waals surface area contributed by atoms with E-state index in [0.717, 1.165) is 19.4 Å². The SMILES string of the molecule is CCN(c1ccc(CCN)c(C(F)(F)F)c1)C1CC1. The van der Waals surface area contributed by atoms with Crippen LogP contribution in [0.2, 0.25) is 0 Å². The molecule has 1 aliphatic carbocycles. The summed E-state index contributed by atoms with van der Waals surface area (Å²) < 4.78 is 39.2. The van der Waals surface area contributed by atoms with Gasteiger partial charge in [-0.1, -0.05) is 6.07 Å². The van der Waals surface area contributed by atoms with Gasteiger partial charge in [-0.2, -0.15) is 13.2 Å². The summed E-state index contributed by atoms with van der Waals surface area (Å²) in [4.78, 5) is 2.04. The number of anilines is 1. The van der Waals surface area contributed by atoms with Crippen molar-refractivity contribution in [3.05, 3.63) is 29.3 Å². The second-order valence-electron chi connectivity index (χ2n) is 4.90. The predicted molar refractivity (Wildman–Crippen MR) is 70.2 cm³/mol. The number of benzene rings is 1. The number of rotatable bonds is 5. The van der Waals surface area contributed by atoms with E-state index in [9.17, 15) is 13.2 Å². The first kappa shape index (κ1) is 14.2. The van der Waals surface area contributed by atoms with Crippen molar-refractivity contribution >= 4 is 5.69 Å². The van der Waals surface area contributed by atoms with Crippen molar-refractivity contribution in [2.45, 2.75) is 38.4 Å². The molecule has 2 nitrogen and oxygen atoms in total. The van der Waals surface area contributed by atoms with E-state index < -0.39 is 11.7 Å². The van der Waals surface area contributed by atoms with Gasteiger partial charge in [-0.3, -0.25) is 0 Å². The summed E-state index contributed by atoms with van der Waals surface area (Å²) in [6, 6.07) is 5.02. The van der Waals surface area contributed by atoms with Crippen LogP contribution in [-0.2, 0) is 12.6 Å². The quantitative estimate of drug-likeness (QED) is 0.892. The van der Waals surface area contributed by atoms with Gasteiger partial charge in [-0.15, -0.1) is 0 Å². The van der Waals surface area contributed by atoms with Crippen molar-refractivity contribution in [3.8, 4) is 0 Å². The summed E-state index contributed by atoms with van der Waals surface area (Å²) in [6.07, 6.45) is -1.92. The van der Waals surface area contributed by atoms with Crippen molar-refractivity contribution < 1.29 is 13.2 Å². The Bertz CT molecular complexity index is 439. The fourth-order valence-electron chi connectivity index (χ4n) is 2.42. The highest BCUT2D eigenvalue weighted by Crippen LogP contribution is 2.37. The van der Waals surface area contributed by atoms with E-state index in [1.54, 1.807) is 12.1 Å². The largest absolute Gasteiger partial charge is 0.416 e. The van der Waals surface area contributed by atoms with Crippen LogP contribution in [0.4, 0.5) is 18.9 Å². The molecule has 0 saturated heterocycles. The molecule has 5 heteroatoms. The van der Waals surface area contributed by atoms with E-state index in [4.69, 9.17) is 5.73 Å². The van der Waals surface area contributed by atoms with Crippen LogP contribution in [0.3, 0.4) is 0 Å².